The number of aliphatic hydroxyl groups excluding tert-OH is 1. The van der Waals surface area contributed by atoms with Gasteiger partial charge in [-0.1, -0.05) is 18.2 Å². The Morgan fingerprint density at radius 2 is 1.97 bits per heavy atom. The number of morpholine rings is 1. The number of Topliss-reactive ketones (excluding diaryl/α,β-unsaturated/α-hetero) is 1. The molecule has 0 bridgehead atoms. The fourth-order valence-corrected chi connectivity index (χ4v) is 5.14. The molecule has 1 aromatic heterocycles. The van der Waals surface area contributed by atoms with Crippen LogP contribution in [0.1, 0.15) is 32.0 Å². The third kappa shape index (κ3) is 4.15. The highest BCUT2D eigenvalue weighted by atomic mass is 32.1. The molecule has 0 aliphatic carbocycles. The molecule has 2 aliphatic rings. The van der Waals surface area contributed by atoms with Crippen molar-refractivity contribution in [1.82, 2.24) is 14.8 Å². The predicted octanol–water partition coefficient (Wildman–Crippen LogP) is 2.68. The van der Waals surface area contributed by atoms with Crippen LogP contribution in [0.5, 0.6) is 5.75 Å². The summed E-state index contributed by atoms with van der Waals surface area (Å²) in [6.07, 6.45) is 0. The van der Waals surface area contributed by atoms with Gasteiger partial charge in [-0.25, -0.2) is 4.98 Å². The SMILES string of the molecule is COc1ccccc1[C@@H]1C(C(=O)c2sc(C)nc2C)=C(O)C(=O)N1CCN1CCOCC1. The smallest absolute Gasteiger partial charge is 0.290 e. The number of aliphatic hydroxyl groups is 1. The van der Waals surface area contributed by atoms with E-state index in [1.807, 2.05) is 25.1 Å². The van der Waals surface area contributed by atoms with Crippen LogP contribution in [0, 0.1) is 13.8 Å². The van der Waals surface area contributed by atoms with E-state index in [-0.39, 0.29) is 11.4 Å². The van der Waals surface area contributed by atoms with Crippen molar-refractivity contribution in [3.05, 3.63) is 56.7 Å². The van der Waals surface area contributed by atoms with Crippen molar-refractivity contribution in [1.29, 1.82) is 0 Å². The molecule has 3 heterocycles. The van der Waals surface area contributed by atoms with Gasteiger partial charge in [0.1, 0.15) is 5.75 Å². The van der Waals surface area contributed by atoms with Gasteiger partial charge in [0.05, 0.1) is 47.5 Å². The number of para-hydroxylation sites is 1. The number of aromatic nitrogens is 1. The van der Waals surface area contributed by atoms with Crippen molar-refractivity contribution < 1.29 is 24.2 Å². The van der Waals surface area contributed by atoms with Crippen molar-refractivity contribution in [3.63, 3.8) is 0 Å². The summed E-state index contributed by atoms with van der Waals surface area (Å²) in [6, 6.07) is 6.55. The Hall–Kier alpha value is -2.75. The molecule has 0 radical (unpaired) electrons. The molecule has 1 amide bonds. The number of aryl methyl sites for hydroxylation is 2. The number of thiazole rings is 1. The number of carbonyl (C=O) groups excluding carboxylic acids is 2. The number of methoxy groups -OCH3 is 1. The van der Waals surface area contributed by atoms with E-state index in [1.54, 1.807) is 25.0 Å². The van der Waals surface area contributed by atoms with Crippen molar-refractivity contribution in [2.24, 2.45) is 0 Å². The number of carbonyl (C=O) groups is 2. The maximum absolute atomic E-state index is 13.6. The van der Waals surface area contributed by atoms with Crippen molar-refractivity contribution in [2.45, 2.75) is 19.9 Å². The summed E-state index contributed by atoms with van der Waals surface area (Å²) in [7, 11) is 1.55. The summed E-state index contributed by atoms with van der Waals surface area (Å²) >= 11 is 1.27. The lowest BCUT2D eigenvalue weighted by atomic mass is 9.94. The summed E-state index contributed by atoms with van der Waals surface area (Å²) in [4.78, 5) is 35.3. The molecule has 9 heteroatoms. The standard InChI is InChI=1S/C23H27N3O5S/c1-14-22(32-15(2)24-14)20(27)18-19(16-6-4-5-7-17(16)30-3)26(23(29)21(18)28)9-8-25-10-12-31-13-11-25/h4-7,19,28H,8-13H2,1-3H3/t19-/m1/s1. The third-order valence-electron chi connectivity index (χ3n) is 5.85. The Kier molecular flexibility index (Phi) is 6.59. The number of benzene rings is 1. The molecular weight excluding hydrogens is 430 g/mol. The number of ether oxygens (including phenoxy) is 2. The molecule has 1 aromatic carbocycles. The van der Waals surface area contributed by atoms with E-state index in [1.165, 1.54) is 11.3 Å². The van der Waals surface area contributed by atoms with E-state index < -0.39 is 17.7 Å². The second-order valence-electron chi connectivity index (χ2n) is 7.84. The van der Waals surface area contributed by atoms with Crippen molar-refractivity contribution in [3.8, 4) is 5.75 Å². The highest BCUT2D eigenvalue weighted by molar-refractivity contribution is 7.14. The van der Waals surface area contributed by atoms with E-state index in [2.05, 4.69) is 9.88 Å². The Labute approximate surface area is 191 Å². The zero-order valence-corrected chi connectivity index (χ0v) is 19.3. The minimum Gasteiger partial charge on any atom is -0.503 e. The highest BCUT2D eigenvalue weighted by Gasteiger charge is 2.45. The van der Waals surface area contributed by atoms with Crippen LogP contribution in [0.3, 0.4) is 0 Å². The Morgan fingerprint density at radius 3 is 2.62 bits per heavy atom. The van der Waals surface area contributed by atoms with Gasteiger partial charge in [-0.3, -0.25) is 14.5 Å². The van der Waals surface area contributed by atoms with Crippen LogP contribution >= 0.6 is 11.3 Å². The van der Waals surface area contributed by atoms with Gasteiger partial charge in [0.25, 0.3) is 5.91 Å². The molecule has 170 valence electrons. The first-order valence-electron chi connectivity index (χ1n) is 10.6. The first-order valence-corrected chi connectivity index (χ1v) is 11.4. The second-order valence-corrected chi connectivity index (χ2v) is 9.04. The molecule has 1 N–H and O–H groups in total. The Balaban J connectivity index is 1.73. The highest BCUT2D eigenvalue weighted by Crippen LogP contribution is 2.43. The lowest BCUT2D eigenvalue weighted by Gasteiger charge is -2.32. The van der Waals surface area contributed by atoms with E-state index in [9.17, 15) is 14.7 Å². The van der Waals surface area contributed by atoms with Crippen molar-refractivity contribution in [2.75, 3.05) is 46.5 Å². The quantitative estimate of drug-likeness (QED) is 0.639. The average Bonchev–Trinajstić information content (AvgIpc) is 3.27. The number of hydrogen-bond donors (Lipinski definition) is 1. The summed E-state index contributed by atoms with van der Waals surface area (Å²) in [5, 5.41) is 11.6. The largest absolute Gasteiger partial charge is 0.503 e. The van der Waals surface area contributed by atoms with E-state index in [4.69, 9.17) is 9.47 Å². The maximum atomic E-state index is 13.6. The molecule has 1 saturated heterocycles. The molecule has 0 spiro atoms. The zero-order valence-electron chi connectivity index (χ0n) is 18.5. The monoisotopic (exact) mass is 457 g/mol. The van der Waals surface area contributed by atoms with Gasteiger partial charge in [0.2, 0.25) is 5.78 Å². The number of nitrogens with zero attached hydrogens (tertiary/aromatic N) is 3. The third-order valence-corrected chi connectivity index (χ3v) is 6.92. The fraction of sp³-hybridized carbons (Fsp3) is 0.435. The number of hydrogen-bond acceptors (Lipinski definition) is 8. The fourth-order valence-electron chi connectivity index (χ4n) is 4.27. The predicted molar refractivity (Wildman–Crippen MR) is 120 cm³/mol. The van der Waals surface area contributed by atoms with Crippen LogP contribution in [0.15, 0.2) is 35.6 Å². The lowest BCUT2D eigenvalue weighted by molar-refractivity contribution is -0.129. The number of ketones is 1. The van der Waals surface area contributed by atoms with Crippen LogP contribution in [-0.4, -0.2) is 78.1 Å². The van der Waals surface area contributed by atoms with E-state index in [0.717, 1.165) is 18.1 Å². The first-order chi connectivity index (χ1) is 15.4. The molecule has 4 rings (SSSR count). The van der Waals surface area contributed by atoms with Gasteiger partial charge in [0, 0.05) is 31.7 Å². The molecule has 2 aromatic rings. The summed E-state index contributed by atoms with van der Waals surface area (Å²) in [6.45, 7) is 7.45. The molecule has 0 unspecified atom stereocenters. The first kappa shape index (κ1) is 22.4. The van der Waals surface area contributed by atoms with Crippen LogP contribution in [0.25, 0.3) is 0 Å². The molecular formula is C23H27N3O5S. The van der Waals surface area contributed by atoms with Crippen LogP contribution in [0.2, 0.25) is 0 Å². The molecule has 1 fully saturated rings. The van der Waals surface area contributed by atoms with Crippen LogP contribution in [-0.2, 0) is 9.53 Å². The molecule has 8 nitrogen and oxygen atoms in total. The molecule has 1 atom stereocenters. The Morgan fingerprint density at radius 1 is 1.25 bits per heavy atom. The lowest BCUT2D eigenvalue weighted by Crippen LogP contribution is -2.43. The number of rotatable bonds is 7. The zero-order chi connectivity index (χ0) is 22.8. The van der Waals surface area contributed by atoms with Gasteiger partial charge >= 0.3 is 0 Å². The van der Waals surface area contributed by atoms with Gasteiger partial charge in [-0.2, -0.15) is 0 Å². The minimum atomic E-state index is -0.742. The maximum Gasteiger partial charge on any atom is 0.290 e. The van der Waals surface area contributed by atoms with Gasteiger partial charge in [0.15, 0.2) is 5.76 Å². The topological polar surface area (TPSA) is 92.2 Å². The van der Waals surface area contributed by atoms with E-state index in [0.29, 0.717) is 48.2 Å². The van der Waals surface area contributed by atoms with E-state index >= 15 is 0 Å². The molecule has 32 heavy (non-hydrogen) atoms. The minimum absolute atomic E-state index is 0.0771. The molecule has 2 aliphatic heterocycles. The van der Waals surface area contributed by atoms with Crippen molar-refractivity contribution >= 4 is 23.0 Å². The summed E-state index contributed by atoms with van der Waals surface area (Å²) in [5.41, 5.74) is 1.33. The van der Waals surface area contributed by atoms with Gasteiger partial charge in [-0.05, 0) is 19.9 Å². The number of amides is 1. The summed E-state index contributed by atoms with van der Waals surface area (Å²) < 4.78 is 10.9. The van der Waals surface area contributed by atoms with Crippen LogP contribution in [0.4, 0.5) is 0 Å². The average molecular weight is 458 g/mol. The van der Waals surface area contributed by atoms with Gasteiger partial charge < -0.3 is 19.5 Å². The second kappa shape index (κ2) is 9.40. The van der Waals surface area contributed by atoms with Crippen LogP contribution < -0.4 is 4.74 Å². The molecule has 0 saturated carbocycles. The summed E-state index contributed by atoms with van der Waals surface area (Å²) in [5.74, 6) is -0.864. The normalized spacial score (nSPS) is 19.7. The Bertz CT molecular complexity index is 1060. The van der Waals surface area contributed by atoms with Gasteiger partial charge in [-0.15, -0.1) is 11.3 Å².